The molecule has 0 spiro atoms. The molecule has 0 aromatic heterocycles. The summed E-state index contributed by atoms with van der Waals surface area (Å²) >= 11 is 8.73. The number of halogens is 2. The fraction of sp³-hybridized carbons (Fsp3) is 0.235. The molecule has 0 atom stereocenters. The first kappa shape index (κ1) is 19.8. The predicted molar refractivity (Wildman–Crippen MR) is 102 cm³/mol. The summed E-state index contributed by atoms with van der Waals surface area (Å²) in [6.45, 7) is 2.10. The van der Waals surface area contributed by atoms with Gasteiger partial charge in [-0.05, 0) is 66.6 Å². The number of carbonyl (C=O) groups excluding carboxylic acids is 1. The van der Waals surface area contributed by atoms with Crippen molar-refractivity contribution in [1.82, 2.24) is 0 Å². The van der Waals surface area contributed by atoms with Gasteiger partial charge in [-0.25, -0.2) is 8.42 Å². The van der Waals surface area contributed by atoms with Crippen LogP contribution >= 0.6 is 27.5 Å². The molecule has 0 radical (unpaired) electrons. The van der Waals surface area contributed by atoms with Gasteiger partial charge in [-0.3, -0.25) is 9.10 Å². The fourth-order valence-electron chi connectivity index (χ4n) is 2.09. The molecule has 0 bridgehead atoms. The molecule has 0 fully saturated rings. The molecule has 2 aromatic carbocycles. The van der Waals surface area contributed by atoms with Gasteiger partial charge in [-0.15, -0.1) is 0 Å². The highest BCUT2D eigenvalue weighted by Gasteiger charge is 2.26. The van der Waals surface area contributed by atoms with Crippen molar-refractivity contribution in [3.8, 4) is 5.75 Å². The van der Waals surface area contributed by atoms with Crippen LogP contribution in [0, 0.1) is 0 Å². The standard InChI is InChI=1S/C17H17BrClNO4S/c1-2-11-24-15-7-5-14(6-8-15)20(12-17(19)21)25(22,23)16-9-3-13(18)4-10-16/h3-10H,2,11-12H2,1H3. The third-order valence-electron chi connectivity index (χ3n) is 3.27. The summed E-state index contributed by atoms with van der Waals surface area (Å²) in [5, 5.41) is -0.771. The van der Waals surface area contributed by atoms with Crippen molar-refractivity contribution in [1.29, 1.82) is 0 Å². The SMILES string of the molecule is CCCOc1ccc(N(CC(=O)Cl)S(=O)(=O)c2ccc(Br)cc2)cc1. The summed E-state index contributed by atoms with van der Waals surface area (Å²) in [7, 11) is -3.93. The van der Waals surface area contributed by atoms with Crippen LogP contribution in [-0.2, 0) is 14.8 Å². The summed E-state index contributed by atoms with van der Waals surface area (Å²) in [6, 6.07) is 12.7. The first-order valence-electron chi connectivity index (χ1n) is 7.54. The monoisotopic (exact) mass is 445 g/mol. The highest BCUT2D eigenvalue weighted by Crippen LogP contribution is 2.27. The molecule has 0 aliphatic heterocycles. The number of hydrogen-bond donors (Lipinski definition) is 0. The third kappa shape index (κ3) is 5.20. The van der Waals surface area contributed by atoms with Crippen molar-refractivity contribution in [3.63, 3.8) is 0 Å². The number of hydrogen-bond acceptors (Lipinski definition) is 4. The van der Waals surface area contributed by atoms with Gasteiger partial charge >= 0.3 is 0 Å². The molecule has 0 N–H and O–H groups in total. The van der Waals surface area contributed by atoms with E-state index in [0.29, 0.717) is 18.0 Å². The molecule has 2 aromatic rings. The Hall–Kier alpha value is -1.57. The lowest BCUT2D eigenvalue weighted by Crippen LogP contribution is -2.34. The summed E-state index contributed by atoms with van der Waals surface area (Å²) in [5.41, 5.74) is 0.334. The maximum atomic E-state index is 12.9. The Labute approximate surface area is 160 Å². The lowest BCUT2D eigenvalue weighted by Gasteiger charge is -2.23. The molecule has 8 heteroatoms. The molecule has 2 rings (SSSR count). The smallest absolute Gasteiger partial charge is 0.264 e. The van der Waals surface area contributed by atoms with Crippen molar-refractivity contribution >= 4 is 48.5 Å². The number of rotatable bonds is 8. The maximum absolute atomic E-state index is 12.9. The Bertz CT molecular complexity index is 823. The van der Waals surface area contributed by atoms with E-state index in [2.05, 4.69) is 15.9 Å². The first-order chi connectivity index (χ1) is 11.8. The van der Waals surface area contributed by atoms with Crippen LogP contribution in [-0.4, -0.2) is 26.8 Å². The molecule has 0 saturated carbocycles. The van der Waals surface area contributed by atoms with E-state index in [0.717, 1.165) is 15.2 Å². The first-order valence-corrected chi connectivity index (χ1v) is 10.1. The summed E-state index contributed by atoms with van der Waals surface area (Å²) in [4.78, 5) is 11.5. The lowest BCUT2D eigenvalue weighted by atomic mass is 10.3. The van der Waals surface area contributed by atoms with Gasteiger partial charge in [0.25, 0.3) is 10.0 Å². The van der Waals surface area contributed by atoms with Crippen LogP contribution in [0.5, 0.6) is 5.75 Å². The van der Waals surface area contributed by atoms with E-state index in [4.69, 9.17) is 16.3 Å². The Balaban J connectivity index is 2.38. The van der Waals surface area contributed by atoms with Gasteiger partial charge in [0.15, 0.2) is 0 Å². The maximum Gasteiger partial charge on any atom is 0.264 e. The van der Waals surface area contributed by atoms with E-state index in [9.17, 15) is 13.2 Å². The molecule has 0 amide bonds. The number of carbonyl (C=O) groups is 1. The van der Waals surface area contributed by atoms with Crippen molar-refractivity contribution in [2.24, 2.45) is 0 Å². The molecule has 0 heterocycles. The van der Waals surface area contributed by atoms with Crippen LogP contribution in [0.4, 0.5) is 5.69 Å². The Kier molecular flexibility index (Phi) is 6.87. The van der Waals surface area contributed by atoms with Gasteiger partial charge in [-0.1, -0.05) is 22.9 Å². The zero-order valence-corrected chi connectivity index (χ0v) is 16.6. The predicted octanol–water partition coefficient (Wildman–Crippen LogP) is 4.20. The molecule has 0 unspecified atom stereocenters. The molecule has 0 saturated heterocycles. The molecular formula is C17H17BrClNO4S. The normalized spacial score (nSPS) is 11.2. The van der Waals surface area contributed by atoms with Crippen LogP contribution in [0.25, 0.3) is 0 Å². The second kappa shape index (κ2) is 8.69. The van der Waals surface area contributed by atoms with Crippen LogP contribution < -0.4 is 9.04 Å². The van der Waals surface area contributed by atoms with E-state index in [-0.39, 0.29) is 4.90 Å². The fourth-order valence-corrected chi connectivity index (χ4v) is 3.97. The summed E-state index contributed by atoms with van der Waals surface area (Å²) in [5.74, 6) is 0.629. The topological polar surface area (TPSA) is 63.7 Å². The van der Waals surface area contributed by atoms with Gasteiger partial charge < -0.3 is 4.74 Å². The quantitative estimate of drug-likeness (QED) is 0.570. The van der Waals surface area contributed by atoms with Gasteiger partial charge in [0.05, 0.1) is 17.2 Å². The molecule has 5 nitrogen and oxygen atoms in total. The molecule has 25 heavy (non-hydrogen) atoms. The Morgan fingerprint density at radius 1 is 1.12 bits per heavy atom. The van der Waals surface area contributed by atoms with Crippen molar-refractivity contribution < 1.29 is 17.9 Å². The summed E-state index contributed by atoms with van der Waals surface area (Å²) < 4.78 is 33.0. The molecule has 134 valence electrons. The number of sulfonamides is 1. The minimum Gasteiger partial charge on any atom is -0.494 e. The van der Waals surface area contributed by atoms with Crippen LogP contribution in [0.2, 0.25) is 0 Å². The molecule has 0 aliphatic rings. The van der Waals surface area contributed by atoms with E-state index in [1.807, 2.05) is 6.92 Å². The third-order valence-corrected chi connectivity index (χ3v) is 5.70. The van der Waals surface area contributed by atoms with E-state index in [1.165, 1.54) is 12.1 Å². The van der Waals surface area contributed by atoms with E-state index in [1.54, 1.807) is 36.4 Å². The molecular weight excluding hydrogens is 430 g/mol. The van der Waals surface area contributed by atoms with Crippen LogP contribution in [0.15, 0.2) is 57.9 Å². The zero-order chi connectivity index (χ0) is 18.4. The molecule has 0 aliphatic carbocycles. The highest BCUT2D eigenvalue weighted by atomic mass is 79.9. The van der Waals surface area contributed by atoms with Crippen molar-refractivity contribution in [2.45, 2.75) is 18.2 Å². The Morgan fingerprint density at radius 3 is 2.24 bits per heavy atom. The lowest BCUT2D eigenvalue weighted by molar-refractivity contribution is -0.110. The largest absolute Gasteiger partial charge is 0.494 e. The average Bonchev–Trinajstić information content (AvgIpc) is 2.58. The van der Waals surface area contributed by atoms with E-state index < -0.39 is 21.8 Å². The number of anilines is 1. The second-order valence-electron chi connectivity index (χ2n) is 5.16. The van der Waals surface area contributed by atoms with Crippen molar-refractivity contribution in [3.05, 3.63) is 53.0 Å². The summed E-state index contributed by atoms with van der Waals surface area (Å²) in [6.07, 6.45) is 0.868. The second-order valence-corrected chi connectivity index (χ2v) is 8.36. The highest BCUT2D eigenvalue weighted by molar-refractivity contribution is 9.10. The minimum atomic E-state index is -3.93. The van der Waals surface area contributed by atoms with Gasteiger partial charge in [0.1, 0.15) is 12.3 Å². The van der Waals surface area contributed by atoms with Gasteiger partial charge in [0.2, 0.25) is 5.24 Å². The number of benzene rings is 2. The van der Waals surface area contributed by atoms with Crippen molar-refractivity contribution in [2.75, 3.05) is 17.5 Å². The number of nitrogens with zero attached hydrogens (tertiary/aromatic N) is 1. The van der Waals surface area contributed by atoms with Crippen LogP contribution in [0.3, 0.4) is 0 Å². The van der Waals surface area contributed by atoms with Gasteiger partial charge in [0, 0.05) is 4.47 Å². The number of ether oxygens (including phenoxy) is 1. The van der Waals surface area contributed by atoms with Crippen LogP contribution in [0.1, 0.15) is 13.3 Å². The zero-order valence-electron chi connectivity index (χ0n) is 13.5. The van der Waals surface area contributed by atoms with E-state index >= 15 is 0 Å². The Morgan fingerprint density at radius 2 is 1.72 bits per heavy atom. The average molecular weight is 447 g/mol. The van der Waals surface area contributed by atoms with Gasteiger partial charge in [-0.2, -0.15) is 0 Å². The minimum absolute atomic E-state index is 0.0694.